The van der Waals surface area contributed by atoms with Crippen LogP contribution < -0.4 is 4.90 Å². The zero-order chi connectivity index (χ0) is 21.5. The molecule has 30 heavy (non-hydrogen) atoms. The van der Waals surface area contributed by atoms with Crippen molar-refractivity contribution in [2.75, 3.05) is 18.0 Å². The molecule has 4 rings (SSSR count). The van der Waals surface area contributed by atoms with Gasteiger partial charge in [0.1, 0.15) is 5.82 Å². The fourth-order valence-electron chi connectivity index (χ4n) is 4.67. The number of piperidine rings is 1. The molecular weight excluding hydrogens is 403 g/mol. The van der Waals surface area contributed by atoms with Crippen LogP contribution in [0.15, 0.2) is 29.2 Å². The van der Waals surface area contributed by atoms with Crippen LogP contribution in [0.2, 0.25) is 0 Å². The number of amides is 1. The maximum Gasteiger partial charge on any atom is 0.416 e. The van der Waals surface area contributed by atoms with Gasteiger partial charge in [0.15, 0.2) is 5.82 Å². The van der Waals surface area contributed by atoms with Crippen LogP contribution in [0.4, 0.5) is 23.8 Å². The van der Waals surface area contributed by atoms with Crippen LogP contribution in [0.5, 0.6) is 0 Å². The molecule has 0 bridgehead atoms. The fourth-order valence-corrected chi connectivity index (χ4v) is 4.67. The van der Waals surface area contributed by atoms with Crippen LogP contribution >= 0.6 is 0 Å². The number of anilines is 1. The highest BCUT2D eigenvalue weighted by Gasteiger charge is 2.52. The van der Waals surface area contributed by atoms with Gasteiger partial charge in [0.2, 0.25) is 6.39 Å². The lowest BCUT2D eigenvalue weighted by Crippen LogP contribution is -2.59. The van der Waals surface area contributed by atoms with Gasteiger partial charge in [0, 0.05) is 25.3 Å². The molecule has 3 heterocycles. The van der Waals surface area contributed by atoms with Gasteiger partial charge in [-0.05, 0) is 42.7 Å². The van der Waals surface area contributed by atoms with Gasteiger partial charge in [-0.25, -0.2) is 9.78 Å². The van der Waals surface area contributed by atoms with Gasteiger partial charge in [-0.15, -0.1) is 0 Å². The fraction of sp³-hybridized carbons (Fsp3) is 0.579. The number of carbonyl (C=O) groups is 1. The van der Waals surface area contributed by atoms with Gasteiger partial charge in [0.25, 0.3) is 0 Å². The van der Waals surface area contributed by atoms with Gasteiger partial charge >= 0.3 is 12.3 Å². The monoisotopic (exact) mass is 425 g/mol. The first kappa shape index (κ1) is 20.4. The predicted octanol–water partition coefficient (Wildman–Crippen LogP) is 3.66. The molecule has 0 radical (unpaired) electrons. The second kappa shape index (κ2) is 7.44. The Morgan fingerprint density at radius 2 is 2.17 bits per heavy atom. The van der Waals surface area contributed by atoms with E-state index in [0.29, 0.717) is 37.6 Å². The van der Waals surface area contributed by atoms with E-state index in [4.69, 9.17) is 0 Å². The summed E-state index contributed by atoms with van der Waals surface area (Å²) >= 11 is 0. The molecule has 2 aromatic rings. The molecule has 1 N–H and O–H groups in total. The minimum Gasteiger partial charge on any atom is -0.465 e. The van der Waals surface area contributed by atoms with E-state index < -0.39 is 17.8 Å². The Morgan fingerprint density at radius 1 is 1.40 bits per heavy atom. The Kier molecular flexibility index (Phi) is 5.07. The number of aromatic nitrogens is 3. The molecule has 2 fully saturated rings. The van der Waals surface area contributed by atoms with E-state index in [2.05, 4.69) is 26.6 Å². The Hall–Kier alpha value is -2.85. The molecule has 1 unspecified atom stereocenters. The number of carboxylic acid groups (broad SMARTS) is 1. The first-order chi connectivity index (χ1) is 14.2. The smallest absolute Gasteiger partial charge is 0.416 e. The molecule has 1 atom stereocenters. The summed E-state index contributed by atoms with van der Waals surface area (Å²) in [5, 5.41) is 13.3. The second-order valence-corrected chi connectivity index (χ2v) is 8.18. The summed E-state index contributed by atoms with van der Waals surface area (Å²) in [5.41, 5.74) is -0.726. The quantitative estimate of drug-likeness (QED) is 0.799. The molecule has 1 aliphatic carbocycles. The van der Waals surface area contributed by atoms with Crippen molar-refractivity contribution in [3.8, 4) is 0 Å². The van der Waals surface area contributed by atoms with E-state index in [1.165, 1.54) is 11.1 Å². The Bertz CT molecular complexity index is 899. The standard InChI is InChI=1S/C19H22F3N5O3/c1-12-9-26(16-6-13(2-4-23-16)19(20,21)22)5-3-18(12)7-14(8-18)27(17(28)29)10-15-24-11-30-25-15/h2,4,6,11-12,14H,3,5,7-10H2,1H3,(H,28,29). The molecule has 1 aliphatic heterocycles. The number of nitrogens with zero attached hydrogens (tertiary/aromatic N) is 5. The summed E-state index contributed by atoms with van der Waals surface area (Å²) in [6.45, 7) is 3.31. The summed E-state index contributed by atoms with van der Waals surface area (Å²) < 4.78 is 43.7. The average Bonchev–Trinajstić information content (AvgIpc) is 3.17. The minimum atomic E-state index is -4.40. The maximum atomic E-state index is 13.0. The Labute approximate surface area is 170 Å². The van der Waals surface area contributed by atoms with Gasteiger partial charge in [-0.1, -0.05) is 12.1 Å². The van der Waals surface area contributed by atoms with Crippen molar-refractivity contribution >= 4 is 11.9 Å². The molecule has 162 valence electrons. The largest absolute Gasteiger partial charge is 0.465 e. The maximum absolute atomic E-state index is 13.0. The molecule has 11 heteroatoms. The number of alkyl halides is 3. The third kappa shape index (κ3) is 3.80. The van der Waals surface area contributed by atoms with Crippen molar-refractivity contribution in [1.29, 1.82) is 0 Å². The number of hydrogen-bond donors (Lipinski definition) is 1. The van der Waals surface area contributed by atoms with E-state index in [0.717, 1.165) is 24.9 Å². The van der Waals surface area contributed by atoms with Crippen molar-refractivity contribution < 1.29 is 27.6 Å². The van der Waals surface area contributed by atoms with E-state index in [1.807, 2.05) is 4.90 Å². The number of hydrogen-bond acceptors (Lipinski definition) is 6. The number of pyridine rings is 1. The number of halogens is 3. The molecular formula is C19H22F3N5O3. The SMILES string of the molecule is CC1CN(c2cc(C(F)(F)F)ccn2)CCC12CC(N(Cc1ncon1)C(=O)O)C2. The molecule has 1 saturated heterocycles. The van der Waals surface area contributed by atoms with Gasteiger partial charge < -0.3 is 14.5 Å². The van der Waals surface area contributed by atoms with E-state index in [-0.39, 0.29) is 23.9 Å². The lowest BCUT2D eigenvalue weighted by atomic mass is 9.55. The lowest BCUT2D eigenvalue weighted by Gasteiger charge is -2.57. The topological polar surface area (TPSA) is 95.6 Å². The summed E-state index contributed by atoms with van der Waals surface area (Å²) in [4.78, 5) is 22.9. The van der Waals surface area contributed by atoms with Crippen molar-refractivity contribution in [2.45, 2.75) is 44.9 Å². The molecule has 2 aromatic heterocycles. The van der Waals surface area contributed by atoms with Crippen molar-refractivity contribution in [1.82, 2.24) is 20.0 Å². The normalized spacial score (nSPS) is 26.5. The van der Waals surface area contributed by atoms with Crippen molar-refractivity contribution in [3.05, 3.63) is 36.1 Å². The Morgan fingerprint density at radius 3 is 2.77 bits per heavy atom. The van der Waals surface area contributed by atoms with Crippen LogP contribution in [0, 0.1) is 11.3 Å². The third-order valence-corrected chi connectivity index (χ3v) is 6.51. The molecule has 1 amide bonds. The molecule has 1 spiro atoms. The van der Waals surface area contributed by atoms with E-state index in [1.54, 1.807) is 0 Å². The summed E-state index contributed by atoms with van der Waals surface area (Å²) in [5.74, 6) is 0.836. The highest BCUT2D eigenvalue weighted by atomic mass is 19.4. The van der Waals surface area contributed by atoms with Crippen molar-refractivity contribution in [3.63, 3.8) is 0 Å². The average molecular weight is 425 g/mol. The van der Waals surface area contributed by atoms with E-state index in [9.17, 15) is 23.1 Å². The number of rotatable bonds is 4. The van der Waals surface area contributed by atoms with Gasteiger partial charge in [-0.2, -0.15) is 18.2 Å². The minimum absolute atomic E-state index is 0.0201. The third-order valence-electron chi connectivity index (χ3n) is 6.51. The van der Waals surface area contributed by atoms with Crippen LogP contribution in [0.3, 0.4) is 0 Å². The van der Waals surface area contributed by atoms with Gasteiger partial charge in [-0.3, -0.25) is 4.90 Å². The predicted molar refractivity (Wildman–Crippen MR) is 98.6 cm³/mol. The Balaban J connectivity index is 1.40. The van der Waals surface area contributed by atoms with E-state index >= 15 is 0 Å². The highest BCUT2D eigenvalue weighted by molar-refractivity contribution is 5.65. The lowest BCUT2D eigenvalue weighted by molar-refractivity contribution is -0.137. The first-order valence-electron chi connectivity index (χ1n) is 9.71. The highest BCUT2D eigenvalue weighted by Crippen LogP contribution is 2.54. The second-order valence-electron chi connectivity index (χ2n) is 8.18. The molecule has 1 saturated carbocycles. The zero-order valence-corrected chi connectivity index (χ0v) is 16.3. The summed E-state index contributed by atoms with van der Waals surface area (Å²) in [6.07, 6.45) is -0.881. The first-order valence-corrected chi connectivity index (χ1v) is 9.71. The van der Waals surface area contributed by atoms with Crippen molar-refractivity contribution in [2.24, 2.45) is 11.3 Å². The van der Waals surface area contributed by atoms with Gasteiger partial charge in [0.05, 0.1) is 12.1 Å². The van der Waals surface area contributed by atoms with Crippen LogP contribution in [-0.4, -0.2) is 50.4 Å². The molecule has 8 nitrogen and oxygen atoms in total. The molecule has 2 aliphatic rings. The zero-order valence-electron chi connectivity index (χ0n) is 16.3. The summed E-state index contributed by atoms with van der Waals surface area (Å²) in [7, 11) is 0. The van der Waals surface area contributed by atoms with Crippen LogP contribution in [0.1, 0.15) is 37.6 Å². The summed E-state index contributed by atoms with van der Waals surface area (Å²) in [6, 6.07) is 1.92. The molecule has 0 aromatic carbocycles. The van der Waals surface area contributed by atoms with Crippen LogP contribution in [0.25, 0.3) is 0 Å². The van der Waals surface area contributed by atoms with Crippen LogP contribution in [-0.2, 0) is 12.7 Å².